The van der Waals surface area contributed by atoms with Crippen LogP contribution in [0.15, 0.2) is 0 Å². The third kappa shape index (κ3) is 5.25. The minimum absolute atomic E-state index is 0.0955. The van der Waals surface area contributed by atoms with Gasteiger partial charge in [-0.25, -0.2) is 0 Å². The van der Waals surface area contributed by atoms with E-state index in [-0.39, 0.29) is 11.5 Å². The summed E-state index contributed by atoms with van der Waals surface area (Å²) in [5.41, 5.74) is 5.25. The van der Waals surface area contributed by atoms with Crippen molar-refractivity contribution in [2.75, 3.05) is 20.1 Å². The van der Waals surface area contributed by atoms with Crippen LogP contribution in [0.2, 0.25) is 0 Å². The molecule has 3 N–H and O–H groups in total. The zero-order chi connectivity index (χ0) is 13.0. The SMILES string of the molecule is CC(NS(=O)(=O)N(C)CCCN)C(C)(C)C. The van der Waals surface area contributed by atoms with E-state index in [4.69, 9.17) is 5.73 Å². The highest BCUT2D eigenvalue weighted by molar-refractivity contribution is 7.87. The van der Waals surface area contributed by atoms with Gasteiger partial charge in [0, 0.05) is 19.6 Å². The number of nitrogens with two attached hydrogens (primary N) is 1. The van der Waals surface area contributed by atoms with Crippen LogP contribution in [0.5, 0.6) is 0 Å². The summed E-state index contributed by atoms with van der Waals surface area (Å²) >= 11 is 0. The lowest BCUT2D eigenvalue weighted by Crippen LogP contribution is -2.47. The predicted octanol–water partition coefficient (Wildman–Crippen LogP) is 0.536. The summed E-state index contributed by atoms with van der Waals surface area (Å²) in [5.74, 6) is 0. The second-order valence-corrected chi connectivity index (χ2v) is 6.98. The molecule has 5 nitrogen and oxygen atoms in total. The van der Waals surface area contributed by atoms with Crippen molar-refractivity contribution in [3.63, 3.8) is 0 Å². The third-order valence-electron chi connectivity index (χ3n) is 2.71. The molecule has 0 aliphatic carbocycles. The normalized spacial score (nSPS) is 15.4. The van der Waals surface area contributed by atoms with Gasteiger partial charge in [-0.1, -0.05) is 20.8 Å². The fraction of sp³-hybridized carbons (Fsp3) is 1.00. The quantitative estimate of drug-likeness (QED) is 0.723. The van der Waals surface area contributed by atoms with Gasteiger partial charge in [0.15, 0.2) is 0 Å². The number of rotatable bonds is 6. The first-order valence-electron chi connectivity index (χ1n) is 5.55. The van der Waals surface area contributed by atoms with E-state index >= 15 is 0 Å². The Morgan fingerprint density at radius 1 is 1.38 bits per heavy atom. The van der Waals surface area contributed by atoms with Gasteiger partial charge in [-0.2, -0.15) is 17.4 Å². The van der Waals surface area contributed by atoms with Crippen LogP contribution >= 0.6 is 0 Å². The zero-order valence-electron chi connectivity index (χ0n) is 10.9. The van der Waals surface area contributed by atoms with E-state index in [1.54, 1.807) is 7.05 Å². The molecule has 0 spiro atoms. The lowest BCUT2D eigenvalue weighted by Gasteiger charge is -2.29. The lowest BCUT2D eigenvalue weighted by molar-refractivity contribution is 0.310. The summed E-state index contributed by atoms with van der Waals surface area (Å²) in [6.45, 7) is 8.81. The molecule has 6 heteroatoms. The maximum absolute atomic E-state index is 11.9. The van der Waals surface area contributed by atoms with Crippen molar-refractivity contribution >= 4 is 10.2 Å². The van der Waals surface area contributed by atoms with Crippen LogP contribution in [0, 0.1) is 5.41 Å². The molecule has 0 fully saturated rings. The van der Waals surface area contributed by atoms with Crippen molar-refractivity contribution < 1.29 is 8.42 Å². The average molecular weight is 251 g/mol. The van der Waals surface area contributed by atoms with Gasteiger partial charge in [0.25, 0.3) is 10.2 Å². The Hall–Kier alpha value is -0.170. The van der Waals surface area contributed by atoms with Crippen molar-refractivity contribution in [2.45, 2.75) is 40.2 Å². The molecular weight excluding hydrogens is 226 g/mol. The molecule has 98 valence electrons. The van der Waals surface area contributed by atoms with Gasteiger partial charge < -0.3 is 5.73 Å². The summed E-state index contributed by atoms with van der Waals surface area (Å²) in [4.78, 5) is 0. The van der Waals surface area contributed by atoms with E-state index in [1.807, 2.05) is 27.7 Å². The Labute approximate surface area is 99.6 Å². The maximum Gasteiger partial charge on any atom is 0.279 e. The second kappa shape index (κ2) is 5.95. The van der Waals surface area contributed by atoms with E-state index in [9.17, 15) is 8.42 Å². The molecule has 0 bridgehead atoms. The first-order chi connectivity index (χ1) is 7.11. The summed E-state index contributed by atoms with van der Waals surface area (Å²) in [6.07, 6.45) is 0.668. The smallest absolute Gasteiger partial charge is 0.279 e. The Bertz CT molecular complexity index is 296. The fourth-order valence-corrected chi connectivity index (χ4v) is 2.27. The van der Waals surface area contributed by atoms with E-state index in [0.29, 0.717) is 19.5 Å². The molecule has 1 atom stereocenters. The van der Waals surface area contributed by atoms with E-state index in [2.05, 4.69) is 4.72 Å². The van der Waals surface area contributed by atoms with Crippen LogP contribution in [-0.4, -0.2) is 38.9 Å². The molecule has 0 saturated carbocycles. The number of hydrogen-bond donors (Lipinski definition) is 2. The molecular formula is C10H25N3O2S. The van der Waals surface area contributed by atoms with Crippen LogP contribution < -0.4 is 10.5 Å². The average Bonchev–Trinajstić information content (AvgIpc) is 2.11. The van der Waals surface area contributed by atoms with Crippen molar-refractivity contribution in [3.8, 4) is 0 Å². The minimum Gasteiger partial charge on any atom is -0.330 e. The second-order valence-electron chi connectivity index (χ2n) is 5.17. The largest absolute Gasteiger partial charge is 0.330 e. The van der Waals surface area contributed by atoms with Crippen LogP contribution in [0.4, 0.5) is 0 Å². The van der Waals surface area contributed by atoms with Crippen LogP contribution in [0.1, 0.15) is 34.1 Å². The number of nitrogens with zero attached hydrogens (tertiary/aromatic N) is 1. The molecule has 16 heavy (non-hydrogen) atoms. The number of nitrogens with one attached hydrogen (secondary N) is 1. The highest BCUT2D eigenvalue weighted by Crippen LogP contribution is 2.19. The fourth-order valence-electron chi connectivity index (χ4n) is 0.924. The van der Waals surface area contributed by atoms with Gasteiger partial charge in [0.2, 0.25) is 0 Å². The standard InChI is InChI=1S/C10H25N3O2S/c1-9(10(2,3)4)12-16(14,15)13(5)8-6-7-11/h9,12H,6-8,11H2,1-5H3. The summed E-state index contributed by atoms with van der Waals surface area (Å²) in [6, 6.07) is -0.113. The molecule has 0 aromatic carbocycles. The topological polar surface area (TPSA) is 75.4 Å². The summed E-state index contributed by atoms with van der Waals surface area (Å²) < 4.78 is 27.7. The molecule has 0 saturated heterocycles. The molecule has 0 aliphatic rings. The minimum atomic E-state index is -3.39. The third-order valence-corrected chi connectivity index (χ3v) is 4.37. The van der Waals surface area contributed by atoms with Crippen molar-refractivity contribution in [1.29, 1.82) is 0 Å². The summed E-state index contributed by atoms with van der Waals surface area (Å²) in [5, 5.41) is 0. The molecule has 0 aliphatic heterocycles. The molecule has 0 aromatic rings. The molecule has 0 rings (SSSR count). The Balaban J connectivity index is 4.46. The van der Waals surface area contributed by atoms with E-state index in [1.165, 1.54) is 4.31 Å². The highest BCUT2D eigenvalue weighted by atomic mass is 32.2. The molecule has 0 heterocycles. The van der Waals surface area contributed by atoms with Crippen LogP contribution in [-0.2, 0) is 10.2 Å². The lowest BCUT2D eigenvalue weighted by atomic mass is 9.89. The van der Waals surface area contributed by atoms with Gasteiger partial charge in [-0.15, -0.1) is 0 Å². The molecule has 0 amide bonds. The predicted molar refractivity (Wildman–Crippen MR) is 67.3 cm³/mol. The van der Waals surface area contributed by atoms with Gasteiger partial charge in [0.1, 0.15) is 0 Å². The zero-order valence-corrected chi connectivity index (χ0v) is 11.8. The van der Waals surface area contributed by atoms with Crippen molar-refractivity contribution in [3.05, 3.63) is 0 Å². The van der Waals surface area contributed by atoms with Gasteiger partial charge >= 0.3 is 0 Å². The van der Waals surface area contributed by atoms with Crippen molar-refractivity contribution in [2.24, 2.45) is 11.1 Å². The van der Waals surface area contributed by atoms with E-state index < -0.39 is 10.2 Å². The van der Waals surface area contributed by atoms with Gasteiger partial charge in [-0.3, -0.25) is 0 Å². The molecule has 0 radical (unpaired) electrons. The highest BCUT2D eigenvalue weighted by Gasteiger charge is 2.26. The maximum atomic E-state index is 11.9. The molecule has 1 unspecified atom stereocenters. The van der Waals surface area contributed by atoms with Crippen LogP contribution in [0.25, 0.3) is 0 Å². The van der Waals surface area contributed by atoms with Gasteiger partial charge in [0.05, 0.1) is 0 Å². The monoisotopic (exact) mass is 251 g/mol. The van der Waals surface area contributed by atoms with Crippen LogP contribution in [0.3, 0.4) is 0 Å². The Morgan fingerprint density at radius 3 is 2.25 bits per heavy atom. The molecule has 0 aromatic heterocycles. The summed E-state index contributed by atoms with van der Waals surface area (Å²) in [7, 11) is -1.82. The number of hydrogen-bond acceptors (Lipinski definition) is 3. The van der Waals surface area contributed by atoms with E-state index in [0.717, 1.165) is 0 Å². The first kappa shape index (κ1) is 15.8. The Morgan fingerprint density at radius 2 is 1.88 bits per heavy atom. The van der Waals surface area contributed by atoms with Crippen molar-refractivity contribution in [1.82, 2.24) is 9.03 Å². The first-order valence-corrected chi connectivity index (χ1v) is 6.99. The Kier molecular flexibility index (Phi) is 5.89. The van der Waals surface area contributed by atoms with Gasteiger partial charge in [-0.05, 0) is 25.3 Å².